The second-order valence-corrected chi connectivity index (χ2v) is 8.11. The molecule has 0 amide bonds. The van der Waals surface area contributed by atoms with Crippen molar-refractivity contribution in [2.45, 2.75) is 24.8 Å². The molecule has 3 rings (SSSR count). The van der Waals surface area contributed by atoms with Gasteiger partial charge in [0.05, 0.1) is 10.6 Å². The number of carbonyl (C=O) groups excluding carboxylic acids is 1. The first kappa shape index (κ1) is 20.6. The molecule has 1 N–H and O–H groups in total. The number of ketones is 1. The highest BCUT2D eigenvalue weighted by molar-refractivity contribution is 7.89. The summed E-state index contributed by atoms with van der Waals surface area (Å²) in [6.07, 6.45) is 3.67. The summed E-state index contributed by atoms with van der Waals surface area (Å²) >= 11 is 0. The summed E-state index contributed by atoms with van der Waals surface area (Å²) in [7, 11) is -3.69. The number of Topliss-reactive ketones (excluding diaryl/α,β-unsaturated/α-hetero) is 1. The van der Waals surface area contributed by atoms with Crippen molar-refractivity contribution in [2.24, 2.45) is 0 Å². The number of aryl methyl sites for hydroxylation is 1. The Labute approximate surface area is 168 Å². The highest BCUT2D eigenvalue weighted by Crippen LogP contribution is 2.13. The number of carbonyl (C=O) groups is 1. The molecule has 9 heteroatoms. The topological polar surface area (TPSA) is 111 Å². The van der Waals surface area contributed by atoms with Crippen molar-refractivity contribution in [1.82, 2.24) is 19.5 Å². The van der Waals surface area contributed by atoms with E-state index in [2.05, 4.69) is 14.8 Å². The zero-order chi connectivity index (χ0) is 20.9. The minimum atomic E-state index is -3.69. The maximum absolute atomic E-state index is 12.3. The highest BCUT2D eigenvalue weighted by Gasteiger charge is 2.14. The lowest BCUT2D eigenvalue weighted by Crippen LogP contribution is -2.28. The van der Waals surface area contributed by atoms with E-state index in [1.807, 2.05) is 0 Å². The Morgan fingerprint density at radius 3 is 2.38 bits per heavy atom. The largest absolute Gasteiger partial charge is 0.295 e. The lowest BCUT2D eigenvalue weighted by Gasteiger charge is -2.09. The van der Waals surface area contributed by atoms with Gasteiger partial charge in [-0.15, -0.1) is 0 Å². The third-order valence-corrected chi connectivity index (χ3v) is 5.73. The van der Waals surface area contributed by atoms with Gasteiger partial charge in [0, 0.05) is 42.7 Å². The number of nitrogens with one attached hydrogen (secondary N) is 1. The van der Waals surface area contributed by atoms with Crippen LogP contribution < -0.4 is 10.3 Å². The molecule has 0 unspecified atom stereocenters. The third-order valence-electron chi connectivity index (χ3n) is 4.25. The monoisotopic (exact) mass is 412 g/mol. The van der Waals surface area contributed by atoms with Crippen LogP contribution in [0.2, 0.25) is 0 Å². The Morgan fingerprint density at radius 2 is 1.72 bits per heavy atom. The average Bonchev–Trinajstić information content (AvgIpc) is 2.73. The molecule has 0 radical (unpaired) electrons. The molecule has 0 aliphatic rings. The van der Waals surface area contributed by atoms with Crippen LogP contribution in [0.4, 0.5) is 0 Å². The van der Waals surface area contributed by atoms with Gasteiger partial charge in [-0.05, 0) is 43.7 Å². The predicted octanol–water partition coefficient (Wildman–Crippen LogP) is 1.88. The molecule has 0 atom stereocenters. The summed E-state index contributed by atoms with van der Waals surface area (Å²) in [5.41, 5.74) is 1.66. The average molecular weight is 412 g/mol. The molecule has 2 heterocycles. The standard InChI is InChI=1S/C20H20N4O4S/c1-15(25)16-3-5-18(6-4-16)29(27,28)22-11-2-14-24-20(26)8-7-19(23-24)17-9-12-21-13-10-17/h3-10,12-13,22H,2,11,14H2,1H3. The third kappa shape index (κ3) is 5.21. The van der Waals surface area contributed by atoms with Crippen LogP contribution >= 0.6 is 0 Å². The number of hydrogen-bond donors (Lipinski definition) is 1. The van der Waals surface area contributed by atoms with E-state index in [4.69, 9.17) is 0 Å². The fourth-order valence-electron chi connectivity index (χ4n) is 2.67. The Kier molecular flexibility index (Phi) is 6.30. The van der Waals surface area contributed by atoms with Crippen LogP contribution in [0, 0.1) is 0 Å². The van der Waals surface area contributed by atoms with Crippen molar-refractivity contribution in [3.8, 4) is 11.3 Å². The summed E-state index contributed by atoms with van der Waals surface area (Å²) in [5, 5.41) is 4.33. The molecular formula is C20H20N4O4S. The Morgan fingerprint density at radius 1 is 1.03 bits per heavy atom. The van der Waals surface area contributed by atoms with E-state index in [-0.39, 0.29) is 29.3 Å². The smallest absolute Gasteiger partial charge is 0.266 e. The van der Waals surface area contributed by atoms with E-state index in [1.54, 1.807) is 30.6 Å². The van der Waals surface area contributed by atoms with E-state index < -0.39 is 10.0 Å². The van der Waals surface area contributed by atoms with Gasteiger partial charge >= 0.3 is 0 Å². The van der Waals surface area contributed by atoms with Crippen LogP contribution in [0.25, 0.3) is 11.3 Å². The Bertz CT molecular complexity index is 1160. The summed E-state index contributed by atoms with van der Waals surface area (Å²) in [5.74, 6) is -0.131. The van der Waals surface area contributed by atoms with Gasteiger partial charge in [-0.1, -0.05) is 12.1 Å². The molecule has 0 bridgehead atoms. The number of rotatable bonds is 8. The molecule has 1 aromatic carbocycles. The number of benzene rings is 1. The van der Waals surface area contributed by atoms with Crippen molar-refractivity contribution in [3.63, 3.8) is 0 Å². The number of hydrogen-bond acceptors (Lipinski definition) is 6. The van der Waals surface area contributed by atoms with Crippen LogP contribution in [0.15, 0.2) is 70.6 Å². The zero-order valence-electron chi connectivity index (χ0n) is 15.8. The molecule has 29 heavy (non-hydrogen) atoms. The van der Waals surface area contributed by atoms with Crippen molar-refractivity contribution in [3.05, 3.63) is 76.8 Å². The van der Waals surface area contributed by atoms with E-state index in [9.17, 15) is 18.0 Å². The first-order valence-electron chi connectivity index (χ1n) is 8.96. The summed E-state index contributed by atoms with van der Waals surface area (Å²) < 4.78 is 28.5. The lowest BCUT2D eigenvalue weighted by atomic mass is 10.2. The van der Waals surface area contributed by atoms with Gasteiger partial charge in [-0.25, -0.2) is 17.8 Å². The number of sulfonamides is 1. The van der Waals surface area contributed by atoms with Crippen LogP contribution in [0.5, 0.6) is 0 Å². The quantitative estimate of drug-likeness (QED) is 0.447. The summed E-state index contributed by atoms with van der Waals surface area (Å²) in [4.78, 5) is 27.4. The fourth-order valence-corrected chi connectivity index (χ4v) is 3.75. The van der Waals surface area contributed by atoms with E-state index >= 15 is 0 Å². The van der Waals surface area contributed by atoms with Gasteiger partial charge in [-0.3, -0.25) is 14.6 Å². The molecule has 0 fully saturated rings. The molecule has 0 spiro atoms. The highest BCUT2D eigenvalue weighted by atomic mass is 32.2. The maximum atomic E-state index is 12.3. The number of aromatic nitrogens is 3. The first-order valence-corrected chi connectivity index (χ1v) is 10.4. The molecular weight excluding hydrogens is 392 g/mol. The van der Waals surface area contributed by atoms with Crippen LogP contribution in [0.3, 0.4) is 0 Å². The molecule has 0 saturated heterocycles. The van der Waals surface area contributed by atoms with Crippen molar-refractivity contribution >= 4 is 15.8 Å². The van der Waals surface area contributed by atoms with E-state index in [0.717, 1.165) is 5.56 Å². The summed E-state index contributed by atoms with van der Waals surface area (Å²) in [6, 6.07) is 12.4. The molecule has 150 valence electrons. The summed E-state index contributed by atoms with van der Waals surface area (Å²) in [6.45, 7) is 1.83. The Hall–Kier alpha value is -3.17. The molecule has 3 aromatic rings. The van der Waals surface area contributed by atoms with Crippen molar-refractivity contribution < 1.29 is 13.2 Å². The Balaban J connectivity index is 1.61. The van der Waals surface area contributed by atoms with Crippen LogP contribution in [-0.2, 0) is 16.6 Å². The van der Waals surface area contributed by atoms with Gasteiger partial charge in [0.2, 0.25) is 10.0 Å². The van der Waals surface area contributed by atoms with Gasteiger partial charge in [0.25, 0.3) is 5.56 Å². The molecule has 2 aromatic heterocycles. The molecule has 0 aliphatic carbocycles. The van der Waals surface area contributed by atoms with Crippen LogP contribution in [0.1, 0.15) is 23.7 Å². The predicted molar refractivity (Wildman–Crippen MR) is 108 cm³/mol. The molecule has 0 aliphatic heterocycles. The van der Waals surface area contributed by atoms with Gasteiger partial charge in [-0.2, -0.15) is 5.10 Å². The fraction of sp³-hybridized carbons (Fsp3) is 0.200. The minimum Gasteiger partial charge on any atom is -0.295 e. The first-order chi connectivity index (χ1) is 13.9. The van der Waals surface area contributed by atoms with Crippen LogP contribution in [-0.4, -0.2) is 35.5 Å². The molecule has 8 nitrogen and oxygen atoms in total. The molecule has 0 saturated carbocycles. The minimum absolute atomic E-state index is 0.0810. The number of nitrogens with zero attached hydrogens (tertiary/aromatic N) is 3. The normalized spacial score (nSPS) is 11.3. The van der Waals surface area contributed by atoms with E-state index in [0.29, 0.717) is 17.7 Å². The lowest BCUT2D eigenvalue weighted by molar-refractivity contribution is 0.101. The van der Waals surface area contributed by atoms with Crippen molar-refractivity contribution in [1.29, 1.82) is 0 Å². The van der Waals surface area contributed by atoms with Gasteiger partial charge in [0.1, 0.15) is 0 Å². The van der Waals surface area contributed by atoms with Crippen molar-refractivity contribution in [2.75, 3.05) is 6.54 Å². The zero-order valence-corrected chi connectivity index (χ0v) is 16.6. The SMILES string of the molecule is CC(=O)c1ccc(S(=O)(=O)NCCCn2nc(-c3ccncc3)ccc2=O)cc1. The number of pyridine rings is 1. The van der Waals surface area contributed by atoms with Gasteiger partial charge < -0.3 is 0 Å². The maximum Gasteiger partial charge on any atom is 0.266 e. The second kappa shape index (κ2) is 8.89. The van der Waals surface area contributed by atoms with Gasteiger partial charge in [0.15, 0.2) is 5.78 Å². The van der Waals surface area contributed by atoms with E-state index in [1.165, 1.54) is 41.9 Å². The second-order valence-electron chi connectivity index (χ2n) is 6.35.